The summed E-state index contributed by atoms with van der Waals surface area (Å²) < 4.78 is 29.2. The van der Waals surface area contributed by atoms with Crippen LogP contribution in [0.15, 0.2) is 6.20 Å². The number of aromatic amines is 1. The molecule has 1 saturated heterocycles. The molecule has 3 rings (SSSR count). The lowest BCUT2D eigenvalue weighted by molar-refractivity contribution is 0.102. The second-order valence-corrected chi connectivity index (χ2v) is 8.56. The monoisotopic (exact) mass is 326 g/mol. The number of rotatable bonds is 4. The van der Waals surface area contributed by atoms with Crippen molar-refractivity contribution in [2.75, 3.05) is 13.1 Å². The molecule has 1 aromatic rings. The normalized spacial score (nSPS) is 23.0. The van der Waals surface area contributed by atoms with Crippen LogP contribution >= 0.6 is 0 Å². The van der Waals surface area contributed by atoms with Gasteiger partial charge in [0, 0.05) is 30.9 Å². The first-order chi connectivity index (χ1) is 10.5. The molecule has 0 unspecified atom stereocenters. The third-order valence-corrected chi connectivity index (χ3v) is 6.97. The highest BCUT2D eigenvalue weighted by Gasteiger charge is 2.38. The van der Waals surface area contributed by atoms with Crippen LogP contribution in [-0.4, -0.2) is 36.0 Å². The van der Waals surface area contributed by atoms with E-state index in [1.165, 1.54) is 32.1 Å². The second-order valence-electron chi connectivity index (χ2n) is 6.81. The Labute approximate surface area is 132 Å². The molecule has 0 atom stereocenters. The molecule has 0 radical (unpaired) electrons. The van der Waals surface area contributed by atoms with Crippen LogP contribution in [0.2, 0.25) is 0 Å². The summed E-state index contributed by atoms with van der Waals surface area (Å²) in [4.78, 5) is 0. The molecule has 2 fully saturated rings. The van der Waals surface area contributed by atoms with Gasteiger partial charge in [0.1, 0.15) is 0 Å². The van der Waals surface area contributed by atoms with Crippen molar-refractivity contribution in [3.8, 4) is 0 Å². The summed E-state index contributed by atoms with van der Waals surface area (Å²) in [7, 11) is -3.39. The molecule has 2 N–H and O–H groups in total. The van der Waals surface area contributed by atoms with Crippen LogP contribution in [0.25, 0.3) is 0 Å². The van der Waals surface area contributed by atoms with Crippen LogP contribution in [0.3, 0.4) is 0 Å². The maximum Gasteiger partial charge on any atom is 0.279 e. The summed E-state index contributed by atoms with van der Waals surface area (Å²) in [6.07, 6.45) is 10.2. The summed E-state index contributed by atoms with van der Waals surface area (Å²) in [5.41, 5.74) is 2.22. The highest BCUT2D eigenvalue weighted by molar-refractivity contribution is 7.87. The first-order valence-electron chi connectivity index (χ1n) is 8.24. The van der Waals surface area contributed by atoms with Gasteiger partial charge in [-0.15, -0.1) is 0 Å². The summed E-state index contributed by atoms with van der Waals surface area (Å²) in [5, 5.41) is 6.74. The largest absolute Gasteiger partial charge is 0.283 e. The molecule has 1 aliphatic heterocycles. The van der Waals surface area contributed by atoms with Crippen molar-refractivity contribution in [2.24, 2.45) is 5.41 Å². The van der Waals surface area contributed by atoms with E-state index in [1.54, 1.807) is 10.5 Å². The molecule has 1 aliphatic carbocycles. The minimum atomic E-state index is -3.39. The number of hydrogen-bond donors (Lipinski definition) is 2. The van der Waals surface area contributed by atoms with Gasteiger partial charge in [-0.3, -0.25) is 5.10 Å². The third-order valence-electron chi connectivity index (χ3n) is 5.42. The average molecular weight is 326 g/mol. The highest BCUT2D eigenvalue weighted by atomic mass is 32.2. The van der Waals surface area contributed by atoms with Gasteiger partial charge in [0.2, 0.25) is 0 Å². The maximum absolute atomic E-state index is 12.4. The molecule has 22 heavy (non-hydrogen) atoms. The lowest BCUT2D eigenvalue weighted by Crippen LogP contribution is -2.48. The van der Waals surface area contributed by atoms with E-state index in [0.717, 1.165) is 24.1 Å². The van der Waals surface area contributed by atoms with Crippen molar-refractivity contribution in [3.05, 3.63) is 17.5 Å². The quantitative estimate of drug-likeness (QED) is 0.889. The molecule has 124 valence electrons. The van der Waals surface area contributed by atoms with Crippen LogP contribution in [-0.2, 0) is 16.8 Å². The van der Waals surface area contributed by atoms with E-state index < -0.39 is 10.2 Å². The van der Waals surface area contributed by atoms with E-state index in [2.05, 4.69) is 14.9 Å². The van der Waals surface area contributed by atoms with Crippen LogP contribution in [0.1, 0.15) is 56.2 Å². The predicted molar refractivity (Wildman–Crippen MR) is 85.4 cm³/mol. The van der Waals surface area contributed by atoms with Crippen molar-refractivity contribution in [1.29, 1.82) is 0 Å². The number of nitrogens with zero attached hydrogens (tertiary/aromatic N) is 2. The van der Waals surface area contributed by atoms with Gasteiger partial charge in [0.25, 0.3) is 10.2 Å². The van der Waals surface area contributed by atoms with Crippen molar-refractivity contribution in [1.82, 2.24) is 19.2 Å². The number of nitrogens with one attached hydrogen (secondary N) is 2. The van der Waals surface area contributed by atoms with Crippen LogP contribution in [0.5, 0.6) is 0 Å². The van der Waals surface area contributed by atoms with Gasteiger partial charge < -0.3 is 0 Å². The van der Waals surface area contributed by atoms with E-state index in [1.807, 2.05) is 6.92 Å². The second kappa shape index (κ2) is 6.29. The molecule has 0 amide bonds. The lowest BCUT2D eigenvalue weighted by Gasteiger charge is -2.43. The van der Waals surface area contributed by atoms with Crippen LogP contribution in [0.4, 0.5) is 0 Å². The van der Waals surface area contributed by atoms with Crippen molar-refractivity contribution >= 4 is 10.2 Å². The van der Waals surface area contributed by atoms with Crippen LogP contribution in [0, 0.1) is 12.3 Å². The molecule has 2 aliphatic rings. The molecular weight excluding hydrogens is 300 g/mol. The molecule has 0 aromatic carbocycles. The Bertz CT molecular complexity index is 595. The molecular formula is C15H26N4O2S. The van der Waals surface area contributed by atoms with Crippen molar-refractivity contribution < 1.29 is 8.42 Å². The zero-order valence-corrected chi connectivity index (χ0v) is 14.1. The Kier molecular flexibility index (Phi) is 4.56. The maximum atomic E-state index is 12.4. The molecule has 1 aromatic heterocycles. The molecule has 6 nitrogen and oxygen atoms in total. The smallest absolute Gasteiger partial charge is 0.279 e. The van der Waals surface area contributed by atoms with Gasteiger partial charge in [-0.2, -0.15) is 22.5 Å². The molecule has 1 spiro atoms. The van der Waals surface area contributed by atoms with Gasteiger partial charge in [0.05, 0.1) is 6.20 Å². The lowest BCUT2D eigenvalue weighted by atomic mass is 9.68. The SMILES string of the molecule is Cc1[nH]ncc1CNS(=O)(=O)N1CCC2(CCCCC2)CC1. The first kappa shape index (κ1) is 16.0. The summed E-state index contributed by atoms with van der Waals surface area (Å²) in [6, 6.07) is 0. The fourth-order valence-electron chi connectivity index (χ4n) is 3.82. The third kappa shape index (κ3) is 3.36. The number of aromatic nitrogens is 2. The van der Waals surface area contributed by atoms with Gasteiger partial charge >= 0.3 is 0 Å². The van der Waals surface area contributed by atoms with Gasteiger partial charge in [-0.05, 0) is 38.0 Å². The fraction of sp³-hybridized carbons (Fsp3) is 0.800. The van der Waals surface area contributed by atoms with E-state index in [-0.39, 0.29) is 0 Å². The molecule has 2 heterocycles. The predicted octanol–water partition coefficient (Wildman–Crippen LogP) is 2.10. The first-order valence-corrected chi connectivity index (χ1v) is 9.68. The van der Waals surface area contributed by atoms with Gasteiger partial charge in [0.15, 0.2) is 0 Å². The van der Waals surface area contributed by atoms with E-state index >= 15 is 0 Å². The topological polar surface area (TPSA) is 78.1 Å². The Hall–Kier alpha value is -0.920. The summed E-state index contributed by atoms with van der Waals surface area (Å²) in [5.74, 6) is 0. The number of piperidine rings is 1. The average Bonchev–Trinajstić information content (AvgIpc) is 2.92. The van der Waals surface area contributed by atoms with Gasteiger partial charge in [-0.25, -0.2) is 0 Å². The van der Waals surface area contributed by atoms with E-state index in [4.69, 9.17) is 0 Å². The Balaban J connectivity index is 1.56. The molecule has 7 heteroatoms. The number of H-pyrrole nitrogens is 1. The highest BCUT2D eigenvalue weighted by Crippen LogP contribution is 2.44. The minimum Gasteiger partial charge on any atom is -0.283 e. The Morgan fingerprint density at radius 1 is 1.23 bits per heavy atom. The van der Waals surface area contributed by atoms with Gasteiger partial charge in [-0.1, -0.05) is 19.3 Å². The molecule has 1 saturated carbocycles. The van der Waals surface area contributed by atoms with Crippen molar-refractivity contribution in [2.45, 2.75) is 58.4 Å². The standard InChI is InChI=1S/C15H26N4O2S/c1-13-14(11-16-18-13)12-17-22(20,21)19-9-7-15(8-10-19)5-3-2-4-6-15/h11,17H,2-10,12H2,1H3,(H,16,18). The number of aryl methyl sites for hydroxylation is 1. The Morgan fingerprint density at radius 2 is 1.91 bits per heavy atom. The molecule has 0 bridgehead atoms. The fourth-order valence-corrected chi connectivity index (χ4v) is 5.00. The van der Waals surface area contributed by atoms with E-state index in [9.17, 15) is 8.42 Å². The number of hydrogen-bond acceptors (Lipinski definition) is 3. The van der Waals surface area contributed by atoms with Crippen molar-refractivity contribution in [3.63, 3.8) is 0 Å². The zero-order valence-electron chi connectivity index (χ0n) is 13.3. The summed E-state index contributed by atoms with van der Waals surface area (Å²) >= 11 is 0. The Morgan fingerprint density at radius 3 is 2.50 bits per heavy atom. The minimum absolute atomic E-state index is 0.298. The summed E-state index contributed by atoms with van der Waals surface area (Å²) in [6.45, 7) is 3.50. The van der Waals surface area contributed by atoms with E-state index in [0.29, 0.717) is 25.0 Å². The zero-order chi connectivity index (χ0) is 15.6. The van der Waals surface area contributed by atoms with Crippen LogP contribution < -0.4 is 4.72 Å².